The van der Waals surface area contributed by atoms with Crippen molar-refractivity contribution in [1.29, 1.82) is 0 Å². The summed E-state index contributed by atoms with van der Waals surface area (Å²) in [5, 5.41) is 6.22. The Hall–Kier alpha value is -1.26. The van der Waals surface area contributed by atoms with Gasteiger partial charge in [-0.3, -0.25) is 9.59 Å². The van der Waals surface area contributed by atoms with Crippen molar-refractivity contribution in [2.45, 2.75) is 19.8 Å². The number of amides is 2. The number of nitrogens with one attached hydrogen (secondary N) is 2. The fourth-order valence-electron chi connectivity index (χ4n) is 1.98. The second-order valence-corrected chi connectivity index (χ2v) is 5.62. The minimum absolute atomic E-state index is 0.0517. The fourth-order valence-corrected chi connectivity index (χ4v) is 2.33. The van der Waals surface area contributed by atoms with E-state index in [1.807, 2.05) is 6.92 Å². The first-order valence-corrected chi connectivity index (χ1v) is 7.32. The zero-order chi connectivity index (χ0) is 14.7. The molecule has 0 aliphatic heterocycles. The molecule has 0 saturated heterocycles. The Morgan fingerprint density at radius 3 is 2.65 bits per heavy atom. The van der Waals surface area contributed by atoms with Crippen LogP contribution in [-0.4, -0.2) is 18.4 Å². The Morgan fingerprint density at radius 2 is 1.95 bits per heavy atom. The highest BCUT2D eigenvalue weighted by molar-refractivity contribution is 6.44. The summed E-state index contributed by atoms with van der Waals surface area (Å²) in [5.74, 6) is -0.739. The summed E-state index contributed by atoms with van der Waals surface area (Å²) >= 11 is 11.9. The fraction of sp³-hybridized carbons (Fsp3) is 0.429. The maximum Gasteiger partial charge on any atom is 0.228 e. The molecule has 2 amide bonds. The molecule has 1 aromatic rings. The lowest BCUT2D eigenvalue weighted by atomic mass is 10.2. The molecule has 2 unspecified atom stereocenters. The van der Waals surface area contributed by atoms with E-state index in [-0.39, 0.29) is 23.7 Å². The zero-order valence-corrected chi connectivity index (χ0v) is 12.6. The number of benzene rings is 1. The van der Waals surface area contributed by atoms with Gasteiger partial charge >= 0.3 is 0 Å². The lowest BCUT2D eigenvalue weighted by molar-refractivity contribution is -0.125. The minimum Gasteiger partial charge on any atom is -0.356 e. The second kappa shape index (κ2) is 6.46. The number of carbonyl (C=O) groups is 2. The van der Waals surface area contributed by atoms with Gasteiger partial charge in [0.05, 0.1) is 27.6 Å². The van der Waals surface area contributed by atoms with Gasteiger partial charge in [0.1, 0.15) is 0 Å². The lowest BCUT2D eigenvalue weighted by Crippen LogP contribution is -2.28. The van der Waals surface area contributed by atoms with Crippen molar-refractivity contribution in [1.82, 2.24) is 5.32 Å². The Labute approximate surface area is 127 Å². The molecular weight excluding hydrogens is 299 g/mol. The molecule has 4 nitrogen and oxygen atoms in total. The smallest absolute Gasteiger partial charge is 0.228 e. The molecule has 1 fully saturated rings. The van der Waals surface area contributed by atoms with E-state index in [2.05, 4.69) is 10.6 Å². The van der Waals surface area contributed by atoms with Gasteiger partial charge in [0.15, 0.2) is 0 Å². The van der Waals surface area contributed by atoms with Gasteiger partial charge < -0.3 is 10.6 Å². The maximum absolute atomic E-state index is 12.0. The van der Waals surface area contributed by atoms with Crippen LogP contribution in [-0.2, 0) is 9.59 Å². The molecular formula is C14H16Cl2N2O2. The van der Waals surface area contributed by atoms with Crippen molar-refractivity contribution in [2.75, 3.05) is 11.9 Å². The Morgan fingerprint density at radius 1 is 1.25 bits per heavy atom. The van der Waals surface area contributed by atoms with E-state index in [9.17, 15) is 9.59 Å². The second-order valence-electron chi connectivity index (χ2n) is 4.83. The molecule has 1 aliphatic rings. The molecule has 1 aliphatic carbocycles. The number of anilines is 1. The van der Waals surface area contributed by atoms with Crippen molar-refractivity contribution in [3.63, 3.8) is 0 Å². The molecule has 2 atom stereocenters. The van der Waals surface area contributed by atoms with Crippen LogP contribution >= 0.6 is 23.2 Å². The minimum atomic E-state index is -0.276. The normalized spacial score (nSPS) is 20.4. The van der Waals surface area contributed by atoms with Gasteiger partial charge in [-0.25, -0.2) is 0 Å². The van der Waals surface area contributed by atoms with Gasteiger partial charge in [-0.2, -0.15) is 0 Å². The van der Waals surface area contributed by atoms with Crippen molar-refractivity contribution < 1.29 is 9.59 Å². The number of hydrogen-bond acceptors (Lipinski definition) is 2. The van der Waals surface area contributed by atoms with Crippen LogP contribution in [0.3, 0.4) is 0 Å². The highest BCUT2D eigenvalue weighted by Crippen LogP contribution is 2.40. The van der Waals surface area contributed by atoms with E-state index in [4.69, 9.17) is 23.2 Å². The van der Waals surface area contributed by atoms with Crippen molar-refractivity contribution in [3.05, 3.63) is 28.2 Å². The number of rotatable bonds is 5. The van der Waals surface area contributed by atoms with Crippen LogP contribution in [0.5, 0.6) is 0 Å². The molecule has 108 valence electrons. The average Bonchev–Trinajstić information content (AvgIpc) is 3.21. The quantitative estimate of drug-likeness (QED) is 0.877. The van der Waals surface area contributed by atoms with Crippen LogP contribution in [0.4, 0.5) is 5.69 Å². The number of halogens is 2. The summed E-state index contributed by atoms with van der Waals surface area (Å²) in [4.78, 5) is 23.7. The summed E-state index contributed by atoms with van der Waals surface area (Å²) in [5.41, 5.74) is 0.476. The molecule has 0 aromatic heterocycles. The van der Waals surface area contributed by atoms with Crippen molar-refractivity contribution in [2.24, 2.45) is 11.8 Å². The van der Waals surface area contributed by atoms with Gasteiger partial charge in [-0.05, 0) is 25.0 Å². The average molecular weight is 315 g/mol. The Bertz CT molecular complexity index is 534. The van der Waals surface area contributed by atoms with Gasteiger partial charge in [-0.15, -0.1) is 0 Å². The SMILES string of the molecule is CCCNC(=O)C1CC1C(=O)Nc1cccc(Cl)c1Cl. The summed E-state index contributed by atoms with van der Waals surface area (Å²) in [6.07, 6.45) is 1.47. The molecule has 2 rings (SSSR count). The first-order chi connectivity index (χ1) is 9.54. The lowest BCUT2D eigenvalue weighted by Gasteiger charge is -2.08. The van der Waals surface area contributed by atoms with Crippen molar-refractivity contribution >= 4 is 40.7 Å². The van der Waals surface area contributed by atoms with Crippen LogP contribution in [0.2, 0.25) is 10.0 Å². The van der Waals surface area contributed by atoms with Crippen LogP contribution in [0.25, 0.3) is 0 Å². The third kappa shape index (κ3) is 3.44. The van der Waals surface area contributed by atoms with Crippen LogP contribution in [0.15, 0.2) is 18.2 Å². The molecule has 0 bridgehead atoms. The van der Waals surface area contributed by atoms with Crippen molar-refractivity contribution in [3.8, 4) is 0 Å². The van der Waals surface area contributed by atoms with E-state index in [0.717, 1.165) is 6.42 Å². The van der Waals surface area contributed by atoms with Crippen LogP contribution in [0.1, 0.15) is 19.8 Å². The van der Waals surface area contributed by atoms with Crippen LogP contribution < -0.4 is 10.6 Å². The monoisotopic (exact) mass is 314 g/mol. The molecule has 0 radical (unpaired) electrons. The van der Waals surface area contributed by atoms with E-state index >= 15 is 0 Å². The molecule has 1 aromatic carbocycles. The van der Waals surface area contributed by atoms with Gasteiger partial charge in [0.2, 0.25) is 11.8 Å². The van der Waals surface area contributed by atoms with Gasteiger partial charge in [0.25, 0.3) is 0 Å². The number of carbonyl (C=O) groups excluding carboxylic acids is 2. The maximum atomic E-state index is 12.0. The van der Waals surface area contributed by atoms with Crippen LogP contribution in [0, 0.1) is 11.8 Å². The van der Waals surface area contributed by atoms with E-state index in [0.29, 0.717) is 28.7 Å². The molecule has 20 heavy (non-hydrogen) atoms. The molecule has 2 N–H and O–H groups in total. The molecule has 1 saturated carbocycles. The first kappa shape index (κ1) is 15.1. The number of hydrogen-bond donors (Lipinski definition) is 2. The molecule has 0 spiro atoms. The predicted octanol–water partition coefficient (Wildman–Crippen LogP) is 3.09. The third-order valence-corrected chi connectivity index (χ3v) is 4.04. The highest BCUT2D eigenvalue weighted by atomic mass is 35.5. The Kier molecular flexibility index (Phi) is 4.89. The largest absolute Gasteiger partial charge is 0.356 e. The van der Waals surface area contributed by atoms with E-state index in [1.54, 1.807) is 18.2 Å². The summed E-state index contributed by atoms with van der Waals surface area (Å²) < 4.78 is 0. The third-order valence-electron chi connectivity index (χ3n) is 3.22. The molecule has 6 heteroatoms. The molecule has 0 heterocycles. The summed E-state index contributed by atoms with van der Waals surface area (Å²) in [7, 11) is 0. The first-order valence-electron chi connectivity index (χ1n) is 6.57. The predicted molar refractivity (Wildman–Crippen MR) is 80.0 cm³/mol. The van der Waals surface area contributed by atoms with Gasteiger partial charge in [-0.1, -0.05) is 36.2 Å². The topological polar surface area (TPSA) is 58.2 Å². The summed E-state index contributed by atoms with van der Waals surface area (Å²) in [6, 6.07) is 5.04. The summed E-state index contributed by atoms with van der Waals surface area (Å²) in [6.45, 7) is 2.63. The van der Waals surface area contributed by atoms with E-state index in [1.165, 1.54) is 0 Å². The standard InChI is InChI=1S/C14H16Cl2N2O2/c1-2-6-17-13(19)8-7-9(8)14(20)18-11-5-3-4-10(15)12(11)16/h3-5,8-9H,2,6-7H2,1H3,(H,17,19)(H,18,20). The zero-order valence-electron chi connectivity index (χ0n) is 11.1. The Balaban J connectivity index is 1.91. The highest BCUT2D eigenvalue weighted by Gasteiger charge is 2.47. The van der Waals surface area contributed by atoms with E-state index < -0.39 is 0 Å². The van der Waals surface area contributed by atoms with Gasteiger partial charge in [0, 0.05) is 6.54 Å².